The fourth-order valence-corrected chi connectivity index (χ4v) is 2.89. The number of hydrogen-bond acceptors (Lipinski definition) is 2. The molecule has 0 amide bonds. The lowest BCUT2D eigenvalue weighted by molar-refractivity contribution is 0.403. The van der Waals surface area contributed by atoms with Gasteiger partial charge in [0.25, 0.3) is 0 Å². The second kappa shape index (κ2) is 7.80. The highest BCUT2D eigenvalue weighted by molar-refractivity contribution is 14.1. The van der Waals surface area contributed by atoms with Crippen molar-refractivity contribution in [2.75, 3.05) is 7.11 Å². The van der Waals surface area contributed by atoms with Crippen molar-refractivity contribution < 1.29 is 4.74 Å². The van der Waals surface area contributed by atoms with Crippen molar-refractivity contribution in [3.05, 3.63) is 63.2 Å². The van der Waals surface area contributed by atoms with Crippen molar-refractivity contribution in [2.24, 2.45) is 0 Å². The quantitative estimate of drug-likeness (QED) is 0.723. The number of methoxy groups -OCH3 is 1. The van der Waals surface area contributed by atoms with Gasteiger partial charge in [-0.05, 0) is 72.2 Å². The summed E-state index contributed by atoms with van der Waals surface area (Å²) in [5, 5.41) is 3.66. The van der Waals surface area contributed by atoms with Crippen LogP contribution < -0.4 is 10.1 Å². The highest BCUT2D eigenvalue weighted by atomic mass is 127. The summed E-state index contributed by atoms with van der Waals surface area (Å²) >= 11 is 2.33. The number of halogens is 1. The highest BCUT2D eigenvalue weighted by Gasteiger charge is 2.12. The van der Waals surface area contributed by atoms with Crippen LogP contribution in [0.25, 0.3) is 0 Å². The topological polar surface area (TPSA) is 21.3 Å². The van der Waals surface area contributed by atoms with E-state index in [1.807, 2.05) is 12.1 Å². The zero-order valence-electron chi connectivity index (χ0n) is 12.8. The Kier molecular flexibility index (Phi) is 6.06. The van der Waals surface area contributed by atoms with Crippen LogP contribution in [0, 0.1) is 3.57 Å². The molecule has 2 atom stereocenters. The average molecular weight is 395 g/mol. The molecule has 2 unspecified atom stereocenters. The highest BCUT2D eigenvalue weighted by Crippen LogP contribution is 2.20. The maximum absolute atomic E-state index is 5.42. The van der Waals surface area contributed by atoms with Gasteiger partial charge < -0.3 is 10.1 Å². The Balaban J connectivity index is 1.97. The van der Waals surface area contributed by atoms with Crippen LogP contribution in [0.5, 0.6) is 5.75 Å². The summed E-state index contributed by atoms with van der Waals surface area (Å²) in [6.45, 7) is 4.43. The maximum atomic E-state index is 5.42. The van der Waals surface area contributed by atoms with E-state index in [2.05, 4.69) is 78.2 Å². The van der Waals surface area contributed by atoms with Gasteiger partial charge in [-0.15, -0.1) is 0 Å². The van der Waals surface area contributed by atoms with Crippen molar-refractivity contribution in [3.8, 4) is 5.75 Å². The second-order valence-electron chi connectivity index (χ2n) is 5.36. The minimum Gasteiger partial charge on any atom is -0.496 e. The van der Waals surface area contributed by atoms with Crippen molar-refractivity contribution >= 4 is 22.6 Å². The van der Waals surface area contributed by atoms with Gasteiger partial charge in [0, 0.05) is 15.7 Å². The lowest BCUT2D eigenvalue weighted by Gasteiger charge is -2.21. The predicted octanol–water partition coefficient (Wildman–Crippen LogP) is 4.58. The van der Waals surface area contributed by atoms with Crippen LogP contribution in [0.2, 0.25) is 0 Å². The summed E-state index contributed by atoms with van der Waals surface area (Å²) in [7, 11) is 1.73. The number of ether oxygens (including phenoxy) is 1. The van der Waals surface area contributed by atoms with E-state index in [-0.39, 0.29) is 0 Å². The third-order valence-corrected chi connectivity index (χ3v) is 4.34. The second-order valence-corrected chi connectivity index (χ2v) is 6.60. The van der Waals surface area contributed by atoms with Crippen LogP contribution in [0.15, 0.2) is 48.5 Å². The summed E-state index contributed by atoms with van der Waals surface area (Å²) in [4.78, 5) is 0. The molecule has 0 aromatic heterocycles. The molecule has 2 aromatic carbocycles. The smallest absolute Gasteiger partial charge is 0.122 e. The van der Waals surface area contributed by atoms with Gasteiger partial charge in [-0.2, -0.15) is 0 Å². The molecule has 2 rings (SSSR count). The zero-order valence-corrected chi connectivity index (χ0v) is 14.9. The molecule has 0 saturated heterocycles. The normalized spacial score (nSPS) is 13.7. The zero-order chi connectivity index (χ0) is 15.2. The van der Waals surface area contributed by atoms with Crippen molar-refractivity contribution in [1.82, 2.24) is 5.32 Å². The molecule has 0 radical (unpaired) electrons. The molecule has 2 nitrogen and oxygen atoms in total. The van der Waals surface area contributed by atoms with E-state index in [1.165, 1.54) is 14.7 Å². The Morgan fingerprint density at radius 2 is 1.71 bits per heavy atom. The molecule has 0 heterocycles. The first-order chi connectivity index (χ1) is 10.1. The van der Waals surface area contributed by atoms with Crippen molar-refractivity contribution in [1.29, 1.82) is 0 Å². The fraction of sp³-hybridized carbons (Fsp3) is 0.333. The molecule has 3 heteroatoms. The first kappa shape index (κ1) is 16.3. The van der Waals surface area contributed by atoms with Gasteiger partial charge in [-0.3, -0.25) is 0 Å². The standard InChI is InChI=1S/C18H22INO/c1-13(12-16-6-4-5-7-18(16)21-3)20-14(2)15-8-10-17(19)11-9-15/h4-11,13-14,20H,12H2,1-3H3. The Morgan fingerprint density at radius 1 is 1.05 bits per heavy atom. The van der Waals surface area contributed by atoms with Crippen molar-refractivity contribution in [2.45, 2.75) is 32.4 Å². The van der Waals surface area contributed by atoms with E-state index in [0.717, 1.165) is 12.2 Å². The Morgan fingerprint density at radius 3 is 2.38 bits per heavy atom. The van der Waals surface area contributed by atoms with Gasteiger partial charge >= 0.3 is 0 Å². The maximum Gasteiger partial charge on any atom is 0.122 e. The molecule has 0 bridgehead atoms. The molecule has 1 N–H and O–H groups in total. The molecule has 0 fully saturated rings. The van der Waals surface area contributed by atoms with E-state index in [0.29, 0.717) is 12.1 Å². The summed E-state index contributed by atoms with van der Waals surface area (Å²) in [6.07, 6.45) is 0.957. The third kappa shape index (κ3) is 4.71. The van der Waals surface area contributed by atoms with Crippen LogP contribution in [0.4, 0.5) is 0 Å². The van der Waals surface area contributed by atoms with Crippen LogP contribution in [0.3, 0.4) is 0 Å². The first-order valence-corrected chi connectivity index (χ1v) is 8.31. The average Bonchev–Trinajstić information content (AvgIpc) is 2.48. The lowest BCUT2D eigenvalue weighted by Crippen LogP contribution is -2.30. The number of para-hydroxylation sites is 1. The molecule has 112 valence electrons. The number of nitrogens with one attached hydrogen (secondary N) is 1. The van der Waals surface area contributed by atoms with E-state index < -0.39 is 0 Å². The minimum absolute atomic E-state index is 0.340. The van der Waals surface area contributed by atoms with Gasteiger partial charge in [0.15, 0.2) is 0 Å². The molecule has 21 heavy (non-hydrogen) atoms. The fourth-order valence-electron chi connectivity index (χ4n) is 2.53. The van der Waals surface area contributed by atoms with E-state index in [4.69, 9.17) is 4.74 Å². The molecular weight excluding hydrogens is 373 g/mol. The Hall–Kier alpha value is -1.07. The molecule has 0 saturated carbocycles. The molecular formula is C18H22INO. The van der Waals surface area contributed by atoms with E-state index in [1.54, 1.807) is 7.11 Å². The number of benzene rings is 2. The molecule has 2 aromatic rings. The lowest BCUT2D eigenvalue weighted by atomic mass is 10.0. The minimum atomic E-state index is 0.340. The van der Waals surface area contributed by atoms with Gasteiger partial charge in [0.05, 0.1) is 7.11 Å². The van der Waals surface area contributed by atoms with E-state index >= 15 is 0 Å². The monoisotopic (exact) mass is 395 g/mol. The Bertz CT molecular complexity index is 568. The van der Waals surface area contributed by atoms with Gasteiger partial charge in [-0.1, -0.05) is 30.3 Å². The van der Waals surface area contributed by atoms with Crippen LogP contribution in [0.1, 0.15) is 31.0 Å². The third-order valence-electron chi connectivity index (χ3n) is 3.62. The summed E-state index contributed by atoms with van der Waals surface area (Å²) in [5.41, 5.74) is 2.57. The predicted molar refractivity (Wildman–Crippen MR) is 96.9 cm³/mol. The van der Waals surface area contributed by atoms with Crippen LogP contribution in [-0.2, 0) is 6.42 Å². The van der Waals surface area contributed by atoms with Crippen LogP contribution >= 0.6 is 22.6 Å². The summed E-state index contributed by atoms with van der Waals surface area (Å²) in [6, 6.07) is 17.6. The Labute approximate surface area is 141 Å². The first-order valence-electron chi connectivity index (χ1n) is 7.23. The van der Waals surface area contributed by atoms with E-state index in [9.17, 15) is 0 Å². The largest absolute Gasteiger partial charge is 0.496 e. The SMILES string of the molecule is COc1ccccc1CC(C)NC(C)c1ccc(I)cc1. The molecule has 0 spiro atoms. The van der Waals surface area contributed by atoms with Crippen LogP contribution in [-0.4, -0.2) is 13.2 Å². The molecule has 0 aliphatic heterocycles. The van der Waals surface area contributed by atoms with Gasteiger partial charge in [-0.25, -0.2) is 0 Å². The number of hydrogen-bond donors (Lipinski definition) is 1. The summed E-state index contributed by atoms with van der Waals surface area (Å²) in [5.74, 6) is 0.966. The van der Waals surface area contributed by atoms with Gasteiger partial charge in [0.1, 0.15) is 5.75 Å². The van der Waals surface area contributed by atoms with Crippen molar-refractivity contribution in [3.63, 3.8) is 0 Å². The number of rotatable bonds is 6. The van der Waals surface area contributed by atoms with Gasteiger partial charge in [0.2, 0.25) is 0 Å². The summed E-state index contributed by atoms with van der Waals surface area (Å²) < 4.78 is 6.69. The molecule has 0 aliphatic carbocycles. The molecule has 0 aliphatic rings.